The van der Waals surface area contributed by atoms with Crippen LogP contribution in [-0.2, 0) is 9.59 Å². The number of benzene rings is 1. The molecule has 3 heterocycles. The average Bonchev–Trinajstić information content (AvgIpc) is 2.87. The zero-order valence-corrected chi connectivity index (χ0v) is 14.2. The Balaban J connectivity index is 2.02. The number of carbonyl (C=O) groups is 2. The van der Waals surface area contributed by atoms with Crippen LogP contribution in [0.15, 0.2) is 30.3 Å². The van der Waals surface area contributed by atoms with Crippen LogP contribution in [0.3, 0.4) is 0 Å². The van der Waals surface area contributed by atoms with E-state index in [2.05, 4.69) is 36.3 Å². The molecule has 0 radical (unpaired) electrons. The number of rotatable bonds is 2. The van der Waals surface area contributed by atoms with Crippen LogP contribution in [0.25, 0.3) is 21.9 Å². The predicted molar refractivity (Wildman–Crippen MR) is 97.2 cm³/mol. The zero-order chi connectivity index (χ0) is 17.7. The highest BCUT2D eigenvalue weighted by Crippen LogP contribution is 2.35. The number of aromatic nitrogens is 2. The molecular weight excluding hydrogens is 316 g/mol. The van der Waals surface area contributed by atoms with Crippen molar-refractivity contribution in [1.29, 1.82) is 0 Å². The molecule has 2 amide bonds. The van der Waals surface area contributed by atoms with E-state index in [-0.39, 0.29) is 11.8 Å². The highest BCUT2D eigenvalue weighted by Gasteiger charge is 2.31. The number of pyridine rings is 1. The van der Waals surface area contributed by atoms with Crippen molar-refractivity contribution in [2.45, 2.75) is 38.6 Å². The molecule has 0 saturated carbocycles. The second-order valence-corrected chi connectivity index (χ2v) is 6.88. The molecule has 3 aromatic rings. The number of amides is 2. The second kappa shape index (κ2) is 5.58. The standard InChI is InChI=1S/C19H20N4O2/c1-10(2)11-3-5-14-13(9-11)12-4-7-16(20)21-18(12)23(14)15-6-8-17(24)22-19(15)25/h3-5,7,9-10,15H,6,8H2,1-2H3,(H2,20,21)(H,22,24,25). The number of nitrogen functional groups attached to an aromatic ring is 1. The van der Waals surface area contributed by atoms with Gasteiger partial charge in [0.1, 0.15) is 17.5 Å². The molecule has 1 unspecified atom stereocenters. The maximum Gasteiger partial charge on any atom is 0.249 e. The minimum absolute atomic E-state index is 0.225. The third kappa shape index (κ3) is 2.45. The van der Waals surface area contributed by atoms with Crippen molar-refractivity contribution >= 4 is 39.6 Å². The number of nitrogens with two attached hydrogens (primary N) is 1. The van der Waals surface area contributed by atoms with Crippen molar-refractivity contribution in [2.75, 3.05) is 5.73 Å². The van der Waals surface area contributed by atoms with Gasteiger partial charge in [0.15, 0.2) is 0 Å². The van der Waals surface area contributed by atoms with Crippen LogP contribution < -0.4 is 11.1 Å². The molecule has 4 rings (SSSR count). The van der Waals surface area contributed by atoms with Gasteiger partial charge in [-0.15, -0.1) is 0 Å². The first-order valence-electron chi connectivity index (χ1n) is 8.49. The van der Waals surface area contributed by atoms with Crippen molar-refractivity contribution in [3.8, 4) is 0 Å². The molecule has 3 N–H and O–H groups in total. The Hall–Kier alpha value is -2.89. The van der Waals surface area contributed by atoms with Gasteiger partial charge in [0.05, 0.1) is 5.52 Å². The summed E-state index contributed by atoms with van der Waals surface area (Å²) < 4.78 is 1.92. The first-order valence-corrected chi connectivity index (χ1v) is 8.49. The van der Waals surface area contributed by atoms with Gasteiger partial charge in [-0.3, -0.25) is 14.9 Å². The number of imide groups is 1. The first-order chi connectivity index (χ1) is 12.0. The topological polar surface area (TPSA) is 90.0 Å². The lowest BCUT2D eigenvalue weighted by atomic mass is 10.0. The fourth-order valence-electron chi connectivity index (χ4n) is 3.55. The Morgan fingerprint density at radius 3 is 2.72 bits per heavy atom. The Bertz CT molecular complexity index is 1020. The van der Waals surface area contributed by atoms with Gasteiger partial charge in [-0.05, 0) is 42.2 Å². The lowest BCUT2D eigenvalue weighted by Crippen LogP contribution is -2.41. The van der Waals surface area contributed by atoms with E-state index in [1.165, 1.54) is 5.56 Å². The SMILES string of the molecule is CC(C)c1ccc2c(c1)c1ccc(N)nc1n2C1CCC(=O)NC1=O. The number of hydrogen-bond donors (Lipinski definition) is 2. The van der Waals surface area contributed by atoms with Crippen LogP contribution in [0, 0.1) is 0 Å². The van der Waals surface area contributed by atoms with Gasteiger partial charge < -0.3 is 10.3 Å². The monoisotopic (exact) mass is 336 g/mol. The summed E-state index contributed by atoms with van der Waals surface area (Å²) in [5.41, 5.74) is 8.75. The summed E-state index contributed by atoms with van der Waals surface area (Å²) in [6.45, 7) is 4.30. The predicted octanol–water partition coefficient (Wildman–Crippen LogP) is 2.87. The molecule has 0 spiro atoms. The Kier molecular flexibility index (Phi) is 3.49. The molecule has 1 saturated heterocycles. The number of carbonyl (C=O) groups excluding carboxylic acids is 2. The first kappa shape index (κ1) is 15.6. The van der Waals surface area contributed by atoms with E-state index in [0.717, 1.165) is 16.3 Å². The maximum absolute atomic E-state index is 12.4. The van der Waals surface area contributed by atoms with Crippen molar-refractivity contribution in [3.63, 3.8) is 0 Å². The smallest absolute Gasteiger partial charge is 0.249 e. The molecule has 2 aromatic heterocycles. The van der Waals surface area contributed by atoms with Crippen molar-refractivity contribution in [1.82, 2.24) is 14.9 Å². The molecule has 1 atom stereocenters. The lowest BCUT2D eigenvalue weighted by Gasteiger charge is -2.23. The fraction of sp³-hybridized carbons (Fsp3) is 0.316. The molecule has 128 valence electrons. The van der Waals surface area contributed by atoms with Crippen LogP contribution in [-0.4, -0.2) is 21.4 Å². The fourth-order valence-corrected chi connectivity index (χ4v) is 3.55. The van der Waals surface area contributed by atoms with Gasteiger partial charge in [0.25, 0.3) is 0 Å². The van der Waals surface area contributed by atoms with E-state index in [9.17, 15) is 9.59 Å². The highest BCUT2D eigenvalue weighted by molar-refractivity contribution is 6.09. The minimum Gasteiger partial charge on any atom is -0.384 e. The number of anilines is 1. The van der Waals surface area contributed by atoms with Crippen LogP contribution in [0.4, 0.5) is 5.82 Å². The summed E-state index contributed by atoms with van der Waals surface area (Å²) >= 11 is 0. The van der Waals surface area contributed by atoms with Crippen LogP contribution >= 0.6 is 0 Å². The molecule has 6 nitrogen and oxygen atoms in total. The average molecular weight is 336 g/mol. The number of nitrogens with zero attached hydrogens (tertiary/aromatic N) is 2. The van der Waals surface area contributed by atoms with Gasteiger partial charge in [-0.1, -0.05) is 19.9 Å². The van der Waals surface area contributed by atoms with Gasteiger partial charge in [-0.2, -0.15) is 0 Å². The molecular formula is C19H20N4O2. The van der Waals surface area contributed by atoms with Crippen molar-refractivity contribution < 1.29 is 9.59 Å². The van der Waals surface area contributed by atoms with E-state index in [1.807, 2.05) is 16.7 Å². The number of piperidine rings is 1. The third-order valence-corrected chi connectivity index (χ3v) is 4.88. The molecule has 0 bridgehead atoms. The molecule has 25 heavy (non-hydrogen) atoms. The normalized spacial score (nSPS) is 18.3. The summed E-state index contributed by atoms with van der Waals surface area (Å²) in [6.07, 6.45) is 0.788. The largest absolute Gasteiger partial charge is 0.384 e. The third-order valence-electron chi connectivity index (χ3n) is 4.88. The van der Waals surface area contributed by atoms with Crippen molar-refractivity contribution in [2.24, 2.45) is 0 Å². The molecule has 1 aliphatic rings. The lowest BCUT2D eigenvalue weighted by molar-refractivity contribution is -0.135. The molecule has 0 aliphatic carbocycles. The van der Waals surface area contributed by atoms with E-state index in [4.69, 9.17) is 5.73 Å². The quantitative estimate of drug-likeness (QED) is 0.704. The van der Waals surface area contributed by atoms with Gasteiger partial charge in [0, 0.05) is 17.2 Å². The summed E-state index contributed by atoms with van der Waals surface area (Å²) in [6, 6.07) is 9.54. The number of nitrogens with one attached hydrogen (secondary N) is 1. The van der Waals surface area contributed by atoms with Gasteiger partial charge in [-0.25, -0.2) is 4.98 Å². The highest BCUT2D eigenvalue weighted by atomic mass is 16.2. The van der Waals surface area contributed by atoms with Gasteiger partial charge >= 0.3 is 0 Å². The number of fused-ring (bicyclic) bond motifs is 3. The van der Waals surface area contributed by atoms with Crippen LogP contribution in [0.1, 0.15) is 44.2 Å². The summed E-state index contributed by atoms with van der Waals surface area (Å²) in [5, 5.41) is 4.46. The Labute approximate surface area is 145 Å². The Morgan fingerprint density at radius 2 is 2.00 bits per heavy atom. The summed E-state index contributed by atoms with van der Waals surface area (Å²) in [7, 11) is 0. The van der Waals surface area contributed by atoms with E-state index in [0.29, 0.717) is 30.2 Å². The van der Waals surface area contributed by atoms with Gasteiger partial charge in [0.2, 0.25) is 11.8 Å². The van der Waals surface area contributed by atoms with E-state index >= 15 is 0 Å². The van der Waals surface area contributed by atoms with E-state index in [1.54, 1.807) is 6.07 Å². The minimum atomic E-state index is -0.461. The van der Waals surface area contributed by atoms with Crippen LogP contribution in [0.2, 0.25) is 0 Å². The van der Waals surface area contributed by atoms with E-state index < -0.39 is 6.04 Å². The van der Waals surface area contributed by atoms with Crippen molar-refractivity contribution in [3.05, 3.63) is 35.9 Å². The Morgan fingerprint density at radius 1 is 1.20 bits per heavy atom. The molecule has 1 fully saturated rings. The maximum atomic E-state index is 12.4. The number of hydrogen-bond acceptors (Lipinski definition) is 4. The summed E-state index contributed by atoms with van der Waals surface area (Å²) in [4.78, 5) is 28.4. The van der Waals surface area contributed by atoms with Crippen LogP contribution in [0.5, 0.6) is 0 Å². The summed E-state index contributed by atoms with van der Waals surface area (Å²) in [5.74, 6) is 0.303. The second-order valence-electron chi connectivity index (χ2n) is 6.88. The molecule has 6 heteroatoms. The molecule has 1 aliphatic heterocycles. The molecule has 1 aromatic carbocycles. The zero-order valence-electron chi connectivity index (χ0n) is 14.2.